The maximum Gasteiger partial charge on any atom is 0.263 e. The van der Waals surface area contributed by atoms with Crippen LogP contribution in [0, 0.1) is 11.7 Å². The van der Waals surface area contributed by atoms with Crippen LogP contribution in [-0.4, -0.2) is 80.2 Å². The molecule has 0 saturated carbocycles. The van der Waals surface area contributed by atoms with Crippen LogP contribution in [0.4, 0.5) is 4.39 Å². The third-order valence-electron chi connectivity index (χ3n) is 10.3. The van der Waals surface area contributed by atoms with Gasteiger partial charge in [0.05, 0.1) is 11.1 Å². The minimum Gasteiger partial charge on any atom is -0.337 e. The van der Waals surface area contributed by atoms with E-state index in [4.69, 9.17) is 28.2 Å². The highest BCUT2D eigenvalue weighted by Crippen LogP contribution is 2.56. The Morgan fingerprint density at radius 3 is 2.40 bits per heavy atom. The van der Waals surface area contributed by atoms with Crippen LogP contribution in [0.3, 0.4) is 0 Å². The highest BCUT2D eigenvalue weighted by molar-refractivity contribution is 8.18. The van der Waals surface area contributed by atoms with Gasteiger partial charge in [-0.1, -0.05) is 62.2 Å². The van der Waals surface area contributed by atoms with Crippen LogP contribution >= 0.6 is 35.0 Å². The summed E-state index contributed by atoms with van der Waals surface area (Å²) in [6.07, 6.45) is 2.07. The normalized spacial score (nSPS) is 27.2. The van der Waals surface area contributed by atoms with Crippen LogP contribution in [0.25, 0.3) is 0 Å². The van der Waals surface area contributed by atoms with E-state index >= 15 is 0 Å². The molecule has 2 aromatic rings. The molecule has 3 amide bonds. The molecule has 4 aliphatic heterocycles. The number of aliphatic imine (C=N–C) groups is 1. The second kappa shape index (κ2) is 13.3. The zero-order valence-electron chi connectivity index (χ0n) is 28.2. The van der Waals surface area contributed by atoms with Gasteiger partial charge >= 0.3 is 0 Å². The fourth-order valence-electron chi connectivity index (χ4n) is 7.88. The molecule has 48 heavy (non-hydrogen) atoms. The third-order valence-corrected chi connectivity index (χ3v) is 11.9. The lowest BCUT2D eigenvalue weighted by molar-refractivity contribution is -0.147. The Balaban J connectivity index is 1.38. The number of thioether (sulfide) groups is 1. The van der Waals surface area contributed by atoms with Gasteiger partial charge in [-0.15, -0.1) is 0 Å². The molecule has 0 aromatic heterocycles. The smallest absolute Gasteiger partial charge is 0.263 e. The van der Waals surface area contributed by atoms with Gasteiger partial charge in [0, 0.05) is 49.4 Å². The molecule has 0 spiro atoms. The predicted octanol–water partition coefficient (Wildman–Crippen LogP) is 7.22. The van der Waals surface area contributed by atoms with Crippen LogP contribution in [0.1, 0.15) is 78.0 Å². The number of amidine groups is 1. The average molecular weight is 715 g/mol. The first-order chi connectivity index (χ1) is 22.8. The lowest BCUT2D eigenvalue weighted by Gasteiger charge is -2.41. The monoisotopic (exact) mass is 713 g/mol. The van der Waals surface area contributed by atoms with Crippen molar-refractivity contribution in [2.75, 3.05) is 19.6 Å². The number of halogens is 3. The summed E-state index contributed by atoms with van der Waals surface area (Å²) >= 11 is 13.7. The maximum atomic E-state index is 14.9. The highest BCUT2D eigenvalue weighted by atomic mass is 35.5. The standard InChI is InChI=1S/C36H42Cl2FN5O3S/c1-7-26-13-15-29(33(46)41-16-17-42(22(5)45)21(4)19-41)43(26)34(47)31-30(20(2)3)44-32(23-8-11-25(37)12-9-23)36(6,40-35(44)48-31)24-10-14-27(38)28(39)18-24/h8-12,14,18,20-21,26,29,32H,7,13,15-17,19H2,1-6H3/t21-,26-,29+,32+,36+/m1/s1. The van der Waals surface area contributed by atoms with Gasteiger partial charge in [0.1, 0.15) is 22.3 Å². The Morgan fingerprint density at radius 1 is 1.08 bits per heavy atom. The summed E-state index contributed by atoms with van der Waals surface area (Å²) < 4.78 is 14.9. The molecule has 12 heteroatoms. The largest absolute Gasteiger partial charge is 0.337 e. The zero-order valence-corrected chi connectivity index (χ0v) is 30.5. The van der Waals surface area contributed by atoms with Crippen molar-refractivity contribution in [1.29, 1.82) is 0 Å². The van der Waals surface area contributed by atoms with Gasteiger partial charge in [-0.2, -0.15) is 0 Å². The zero-order chi connectivity index (χ0) is 34.7. The first-order valence-electron chi connectivity index (χ1n) is 16.7. The van der Waals surface area contributed by atoms with Gasteiger partial charge < -0.3 is 19.6 Å². The molecule has 256 valence electrons. The van der Waals surface area contributed by atoms with E-state index in [2.05, 4.69) is 25.7 Å². The van der Waals surface area contributed by atoms with Gasteiger partial charge in [0.2, 0.25) is 11.8 Å². The number of fused-ring (bicyclic) bond motifs is 1. The first-order valence-corrected chi connectivity index (χ1v) is 18.2. The Kier molecular flexibility index (Phi) is 9.65. The molecule has 2 aromatic carbocycles. The summed E-state index contributed by atoms with van der Waals surface area (Å²) in [7, 11) is 0. The van der Waals surface area contributed by atoms with Crippen molar-refractivity contribution in [2.45, 2.75) is 90.5 Å². The minimum absolute atomic E-state index is 0.00221. The number of hydrogen-bond donors (Lipinski definition) is 0. The van der Waals surface area contributed by atoms with E-state index in [9.17, 15) is 18.8 Å². The van der Waals surface area contributed by atoms with E-state index in [0.717, 1.165) is 24.1 Å². The third kappa shape index (κ3) is 5.92. The number of amides is 3. The predicted molar refractivity (Wildman–Crippen MR) is 189 cm³/mol. The van der Waals surface area contributed by atoms with Crippen LogP contribution in [-0.2, 0) is 19.9 Å². The molecule has 0 N–H and O–H groups in total. The van der Waals surface area contributed by atoms with E-state index in [1.165, 1.54) is 17.8 Å². The number of piperazine rings is 1. The van der Waals surface area contributed by atoms with Crippen molar-refractivity contribution in [2.24, 2.45) is 10.9 Å². The maximum absolute atomic E-state index is 14.9. The Morgan fingerprint density at radius 2 is 1.79 bits per heavy atom. The van der Waals surface area contributed by atoms with Crippen molar-refractivity contribution in [1.82, 2.24) is 19.6 Å². The Labute approximate surface area is 296 Å². The molecule has 8 nitrogen and oxygen atoms in total. The summed E-state index contributed by atoms with van der Waals surface area (Å²) in [6.45, 7) is 13.0. The summed E-state index contributed by atoms with van der Waals surface area (Å²) in [5.74, 6) is -0.803. The van der Waals surface area contributed by atoms with Gasteiger partial charge in [-0.25, -0.2) is 9.38 Å². The average Bonchev–Trinajstić information content (AvgIpc) is 3.72. The van der Waals surface area contributed by atoms with E-state index in [0.29, 0.717) is 46.7 Å². The fourth-order valence-corrected chi connectivity index (χ4v) is 9.47. The van der Waals surface area contributed by atoms with Gasteiger partial charge in [0.25, 0.3) is 5.91 Å². The molecule has 2 saturated heterocycles. The van der Waals surface area contributed by atoms with E-state index in [1.807, 2.05) is 47.9 Å². The van der Waals surface area contributed by atoms with E-state index in [1.54, 1.807) is 24.0 Å². The number of likely N-dealkylation sites (tertiary alicyclic amines) is 1. The van der Waals surface area contributed by atoms with Crippen LogP contribution in [0.15, 0.2) is 58.1 Å². The number of benzene rings is 2. The number of carbonyl (C=O) groups is 3. The Hall–Kier alpha value is -3.08. The summed E-state index contributed by atoms with van der Waals surface area (Å²) in [4.78, 5) is 54.4. The number of rotatable bonds is 6. The first kappa shape index (κ1) is 34.8. The van der Waals surface area contributed by atoms with Crippen LogP contribution in [0.5, 0.6) is 0 Å². The topological polar surface area (TPSA) is 76.5 Å². The SMILES string of the molecule is CC[C@@H]1CC[C@@H](C(=O)N2CCN(C(C)=O)[C@H](C)C2)N1C(=O)C1=C(C(C)C)N2C(=N[C@@](C)(c3ccc(Cl)c(F)c3)[C@@H]2c2ccc(Cl)cc2)S1. The van der Waals surface area contributed by atoms with E-state index < -0.39 is 23.4 Å². The highest BCUT2D eigenvalue weighted by Gasteiger charge is 2.55. The number of nitrogens with zero attached hydrogens (tertiary/aromatic N) is 5. The lowest BCUT2D eigenvalue weighted by atomic mass is 9.81. The number of hydrogen-bond acceptors (Lipinski definition) is 6. The molecular formula is C36H42Cl2FN5O3S. The molecule has 4 aliphatic rings. The molecule has 4 heterocycles. The summed E-state index contributed by atoms with van der Waals surface area (Å²) in [5.41, 5.74) is 1.51. The Bertz CT molecular complexity index is 1700. The summed E-state index contributed by atoms with van der Waals surface area (Å²) in [6, 6.07) is 11.2. The molecular weight excluding hydrogens is 672 g/mol. The van der Waals surface area contributed by atoms with Crippen molar-refractivity contribution in [3.63, 3.8) is 0 Å². The summed E-state index contributed by atoms with van der Waals surface area (Å²) in [5, 5.41) is 1.29. The molecule has 0 bridgehead atoms. The molecule has 0 radical (unpaired) electrons. The second-order valence-electron chi connectivity index (χ2n) is 13.7. The van der Waals surface area contributed by atoms with Crippen molar-refractivity contribution in [3.05, 3.63) is 80.1 Å². The van der Waals surface area contributed by atoms with Crippen LogP contribution in [0.2, 0.25) is 10.0 Å². The minimum atomic E-state index is -0.910. The molecule has 0 aliphatic carbocycles. The van der Waals surface area contributed by atoms with Crippen molar-refractivity contribution < 1.29 is 18.8 Å². The van der Waals surface area contributed by atoms with Crippen LogP contribution < -0.4 is 0 Å². The molecule has 2 fully saturated rings. The van der Waals surface area contributed by atoms with Gasteiger partial charge in [0.15, 0.2) is 5.17 Å². The molecule has 0 unspecified atom stereocenters. The number of carbonyl (C=O) groups excluding carboxylic acids is 3. The lowest BCUT2D eigenvalue weighted by Crippen LogP contribution is -2.58. The van der Waals surface area contributed by atoms with Gasteiger partial charge in [-0.3, -0.25) is 14.4 Å². The van der Waals surface area contributed by atoms with Crippen molar-refractivity contribution in [3.8, 4) is 0 Å². The fraction of sp³-hybridized carbons (Fsp3) is 0.500. The quantitative estimate of drug-likeness (QED) is 0.316. The van der Waals surface area contributed by atoms with Gasteiger partial charge in [-0.05, 0) is 86.2 Å². The molecule has 6 rings (SSSR count). The van der Waals surface area contributed by atoms with Crippen molar-refractivity contribution >= 4 is 57.9 Å². The second-order valence-corrected chi connectivity index (χ2v) is 15.5. The number of allylic oxidation sites excluding steroid dienone is 1. The molecule has 5 atom stereocenters. The van der Waals surface area contributed by atoms with E-state index in [-0.39, 0.29) is 40.7 Å².